The molecule has 5 rings (SSSR count). The van der Waals surface area contributed by atoms with Gasteiger partial charge in [0.25, 0.3) is 17.7 Å². The highest BCUT2D eigenvalue weighted by atomic mass is 19.1. The number of aliphatic hydroxyl groups is 1. The fourth-order valence-electron chi connectivity index (χ4n) is 5.14. The number of H-pyrrole nitrogens is 1. The van der Waals surface area contributed by atoms with Crippen LogP contribution in [-0.2, 0) is 11.4 Å². The number of piperazine rings is 1. The molecule has 42 heavy (non-hydrogen) atoms. The first-order valence-corrected chi connectivity index (χ1v) is 13.4. The number of rotatable bonds is 5. The number of carbonyl (C=O) groups excluding carboxylic acids is 4. The van der Waals surface area contributed by atoms with Gasteiger partial charge in [0.05, 0.1) is 29.0 Å². The third-order valence-corrected chi connectivity index (χ3v) is 7.52. The van der Waals surface area contributed by atoms with Crippen molar-refractivity contribution in [3.8, 4) is 0 Å². The van der Waals surface area contributed by atoms with E-state index in [0.29, 0.717) is 52.4 Å². The Labute approximate surface area is 241 Å². The van der Waals surface area contributed by atoms with E-state index in [1.807, 2.05) is 25.8 Å². The molecule has 5 N–H and O–H groups in total. The summed E-state index contributed by atoms with van der Waals surface area (Å²) in [5.74, 6) is -2.19. The van der Waals surface area contributed by atoms with E-state index in [1.54, 1.807) is 24.3 Å². The van der Waals surface area contributed by atoms with Crippen LogP contribution in [0.2, 0.25) is 0 Å². The van der Waals surface area contributed by atoms with Crippen LogP contribution < -0.4 is 16.0 Å². The lowest BCUT2D eigenvalue weighted by atomic mass is 10.0. The highest BCUT2D eigenvalue weighted by Gasteiger charge is 2.28. The van der Waals surface area contributed by atoms with Crippen molar-refractivity contribution in [3.05, 3.63) is 81.4 Å². The molecular weight excluding hydrogens is 543 g/mol. The summed E-state index contributed by atoms with van der Waals surface area (Å²) in [6.45, 7) is 6.25. The first-order chi connectivity index (χ1) is 20.0. The predicted octanol–water partition coefficient (Wildman–Crippen LogP) is 3.11. The minimum Gasteiger partial charge on any atom is -0.392 e. The topological polar surface area (TPSA) is 147 Å². The maximum absolute atomic E-state index is 14.2. The van der Waals surface area contributed by atoms with Crippen molar-refractivity contribution in [1.29, 1.82) is 0 Å². The molecule has 0 radical (unpaired) electrons. The van der Waals surface area contributed by atoms with E-state index in [0.717, 1.165) is 30.4 Å². The number of aromatic amines is 1. The van der Waals surface area contributed by atoms with Gasteiger partial charge in [-0.1, -0.05) is 12.1 Å². The minimum atomic E-state index is -0.948. The van der Waals surface area contributed by atoms with Gasteiger partial charge in [-0.05, 0) is 62.4 Å². The van der Waals surface area contributed by atoms with Crippen LogP contribution in [0, 0.1) is 19.7 Å². The Morgan fingerprint density at radius 1 is 1.07 bits per heavy atom. The van der Waals surface area contributed by atoms with Crippen LogP contribution in [0.25, 0.3) is 11.6 Å². The first kappa shape index (κ1) is 28.7. The molecule has 3 aromatic rings. The molecule has 3 heterocycles. The van der Waals surface area contributed by atoms with Gasteiger partial charge in [0.2, 0.25) is 0 Å². The number of amides is 5. The Bertz CT molecular complexity index is 1640. The summed E-state index contributed by atoms with van der Waals surface area (Å²) < 4.78 is 14.2. The molecule has 0 unspecified atom stereocenters. The lowest BCUT2D eigenvalue weighted by Gasteiger charge is -2.32. The fourth-order valence-corrected chi connectivity index (χ4v) is 5.14. The van der Waals surface area contributed by atoms with Crippen LogP contribution in [-0.4, -0.2) is 76.9 Å². The van der Waals surface area contributed by atoms with Crippen LogP contribution in [0.5, 0.6) is 0 Å². The first-order valence-electron chi connectivity index (χ1n) is 13.4. The number of imide groups is 1. The molecule has 0 bridgehead atoms. The van der Waals surface area contributed by atoms with Crippen LogP contribution >= 0.6 is 0 Å². The molecule has 5 amide bonds. The molecule has 0 aliphatic carbocycles. The lowest BCUT2D eigenvalue weighted by molar-refractivity contribution is -0.110. The summed E-state index contributed by atoms with van der Waals surface area (Å²) in [7, 11) is 2.03. The number of hydrogen-bond acceptors (Lipinski definition) is 6. The maximum Gasteiger partial charge on any atom is 0.326 e. The van der Waals surface area contributed by atoms with Crippen molar-refractivity contribution < 1.29 is 28.7 Å². The molecule has 0 spiro atoms. The number of hydrogen-bond donors (Lipinski definition) is 5. The number of aryl methyl sites for hydroxylation is 1. The lowest BCUT2D eigenvalue weighted by Crippen LogP contribution is -2.47. The number of anilines is 2. The summed E-state index contributed by atoms with van der Waals surface area (Å²) in [5.41, 5.74) is 4.44. The second-order valence-electron chi connectivity index (χ2n) is 10.4. The van der Waals surface area contributed by atoms with E-state index in [4.69, 9.17) is 5.11 Å². The smallest absolute Gasteiger partial charge is 0.326 e. The van der Waals surface area contributed by atoms with Gasteiger partial charge in [-0.3, -0.25) is 19.7 Å². The predicted molar refractivity (Wildman–Crippen MR) is 155 cm³/mol. The second-order valence-corrected chi connectivity index (χ2v) is 10.4. The summed E-state index contributed by atoms with van der Waals surface area (Å²) in [5, 5.41) is 16.4. The van der Waals surface area contributed by atoms with Crippen LogP contribution in [0.15, 0.2) is 36.4 Å². The Morgan fingerprint density at radius 2 is 1.81 bits per heavy atom. The zero-order valence-electron chi connectivity index (χ0n) is 23.4. The number of nitrogens with one attached hydrogen (secondary N) is 4. The number of urea groups is 1. The molecule has 11 nitrogen and oxygen atoms in total. The molecular formula is C30H31FN6O5. The molecule has 1 aromatic heterocycles. The third kappa shape index (κ3) is 5.67. The molecule has 2 aliphatic rings. The van der Waals surface area contributed by atoms with Crippen LogP contribution in [0.3, 0.4) is 0 Å². The quantitative estimate of drug-likeness (QED) is 0.296. The summed E-state index contributed by atoms with van der Waals surface area (Å²) in [6.07, 6.45) is 1.71. The van der Waals surface area contributed by atoms with Crippen LogP contribution in [0.1, 0.15) is 48.8 Å². The standard InChI is InChI=1S/C30H31FN6O5/c1-16-24(32-17(2)26(16)29(41)37-10-8-36(3)9-11-37)14-22-20-7-5-19(13-25(20)34-28(22)40)33-30(42)35-27(39)21-6-4-18(15-38)12-23(21)31/h4-7,12-14,32,38H,8-11,15H2,1-3H3,(H,34,40)(H2,33,35,39,42)/b22-14-. The Kier molecular flexibility index (Phi) is 7.92. The Morgan fingerprint density at radius 3 is 2.50 bits per heavy atom. The van der Waals surface area contributed by atoms with Crippen molar-refractivity contribution in [2.24, 2.45) is 0 Å². The summed E-state index contributed by atoms with van der Waals surface area (Å²) >= 11 is 0. The second kappa shape index (κ2) is 11.6. The molecule has 0 atom stereocenters. The normalized spacial score (nSPS) is 15.9. The number of likely N-dealkylation sites (N-methyl/N-ethyl adjacent to an activating group) is 1. The van der Waals surface area contributed by atoms with Crippen LogP contribution in [0.4, 0.5) is 20.6 Å². The zero-order chi connectivity index (χ0) is 30.1. The number of aromatic nitrogens is 1. The van der Waals surface area contributed by atoms with Crippen molar-refractivity contribution in [2.75, 3.05) is 43.9 Å². The number of nitrogens with zero attached hydrogens (tertiary/aromatic N) is 2. The van der Waals surface area contributed by atoms with Gasteiger partial charge >= 0.3 is 6.03 Å². The Balaban J connectivity index is 1.30. The SMILES string of the molecule is Cc1[nH]c(/C=C2\C(=O)Nc3cc(NC(=O)NC(=O)c4ccc(CO)cc4F)ccc32)c(C)c1C(=O)N1CCN(C)CC1. The average Bonchev–Trinajstić information content (AvgIpc) is 3.41. The molecule has 12 heteroatoms. The molecule has 0 saturated carbocycles. The van der Waals surface area contributed by atoms with E-state index in [2.05, 4.69) is 25.8 Å². The largest absolute Gasteiger partial charge is 0.392 e. The van der Waals surface area contributed by atoms with E-state index >= 15 is 0 Å². The van der Waals surface area contributed by atoms with Crippen molar-refractivity contribution in [1.82, 2.24) is 20.1 Å². The number of benzene rings is 2. The monoisotopic (exact) mass is 574 g/mol. The molecule has 1 fully saturated rings. The van der Waals surface area contributed by atoms with E-state index in [-0.39, 0.29) is 24.0 Å². The van der Waals surface area contributed by atoms with E-state index in [9.17, 15) is 23.6 Å². The fraction of sp³-hybridized carbons (Fsp3) is 0.267. The molecule has 2 aromatic carbocycles. The van der Waals surface area contributed by atoms with Gasteiger partial charge in [0.15, 0.2) is 0 Å². The van der Waals surface area contributed by atoms with Gasteiger partial charge in [0, 0.05) is 48.8 Å². The number of carbonyl (C=O) groups is 4. The number of aliphatic hydroxyl groups excluding tert-OH is 1. The zero-order valence-corrected chi connectivity index (χ0v) is 23.4. The Hall–Kier alpha value is -4.81. The molecule has 2 aliphatic heterocycles. The van der Waals surface area contributed by atoms with Gasteiger partial charge < -0.3 is 30.5 Å². The summed E-state index contributed by atoms with van der Waals surface area (Å²) in [6, 6.07) is 7.47. The number of halogens is 1. The van der Waals surface area contributed by atoms with E-state index in [1.165, 1.54) is 12.1 Å². The van der Waals surface area contributed by atoms with Crippen molar-refractivity contribution >= 4 is 46.8 Å². The maximum atomic E-state index is 14.2. The van der Waals surface area contributed by atoms with E-state index < -0.39 is 17.8 Å². The van der Waals surface area contributed by atoms with Gasteiger partial charge in [-0.15, -0.1) is 0 Å². The van der Waals surface area contributed by atoms with Crippen molar-refractivity contribution in [2.45, 2.75) is 20.5 Å². The summed E-state index contributed by atoms with van der Waals surface area (Å²) in [4.78, 5) is 58.2. The molecule has 1 saturated heterocycles. The highest BCUT2D eigenvalue weighted by molar-refractivity contribution is 6.35. The third-order valence-electron chi connectivity index (χ3n) is 7.52. The minimum absolute atomic E-state index is 0.0346. The number of fused-ring (bicyclic) bond motifs is 1. The van der Waals surface area contributed by atoms with Crippen molar-refractivity contribution in [3.63, 3.8) is 0 Å². The highest BCUT2D eigenvalue weighted by Crippen LogP contribution is 2.36. The molecule has 218 valence electrons. The average molecular weight is 575 g/mol. The van der Waals surface area contributed by atoms with Gasteiger partial charge in [-0.25, -0.2) is 9.18 Å². The van der Waals surface area contributed by atoms with Gasteiger partial charge in [-0.2, -0.15) is 0 Å². The van der Waals surface area contributed by atoms with Gasteiger partial charge in [0.1, 0.15) is 5.82 Å².